The summed E-state index contributed by atoms with van der Waals surface area (Å²) >= 11 is 5.97. The average molecular weight is 347 g/mol. The first-order valence-electron chi connectivity index (χ1n) is 7.10. The van der Waals surface area contributed by atoms with Gasteiger partial charge >= 0.3 is 0 Å². The number of nitrogens with one attached hydrogen (secondary N) is 1. The van der Waals surface area contributed by atoms with Crippen LogP contribution in [0.5, 0.6) is 0 Å². The highest BCUT2D eigenvalue weighted by atomic mass is 35.5. The lowest BCUT2D eigenvalue weighted by Crippen LogP contribution is -2.26. The number of halogens is 1. The Morgan fingerprint density at radius 1 is 1.29 bits per heavy atom. The topological polar surface area (TPSA) is 92.5 Å². The molecule has 0 fully saturated rings. The maximum atomic E-state index is 11.8. The van der Waals surface area contributed by atoms with Crippen LogP contribution < -0.4 is 5.32 Å². The molecule has 7 heteroatoms. The van der Waals surface area contributed by atoms with E-state index < -0.39 is 16.9 Å². The van der Waals surface area contributed by atoms with Crippen molar-refractivity contribution in [3.8, 4) is 0 Å². The number of nitrogens with zero attached hydrogens (tertiary/aromatic N) is 1. The second-order valence-corrected chi connectivity index (χ2v) is 5.38. The van der Waals surface area contributed by atoms with Crippen LogP contribution in [0.4, 0.5) is 5.69 Å². The molecule has 0 saturated carbocycles. The fourth-order valence-electron chi connectivity index (χ4n) is 2.03. The zero-order chi connectivity index (χ0) is 17.5. The standard InChI is InChI=1S/C17H15ClN2O4/c18-15-7-2-1-6-14(15)16(21)11-19-17(22)9-8-12-4-3-5-13(10-12)20(23)24/h1-10,16,21H,11H2,(H,19,22)/b9-8+. The smallest absolute Gasteiger partial charge is 0.270 e. The van der Waals surface area contributed by atoms with E-state index in [-0.39, 0.29) is 12.2 Å². The third kappa shape index (κ3) is 4.91. The Labute approximate surface area is 143 Å². The van der Waals surface area contributed by atoms with E-state index in [9.17, 15) is 20.0 Å². The summed E-state index contributed by atoms with van der Waals surface area (Å²) in [7, 11) is 0. The number of benzene rings is 2. The molecule has 124 valence electrons. The highest BCUT2D eigenvalue weighted by Gasteiger charge is 2.11. The van der Waals surface area contributed by atoms with Crippen molar-refractivity contribution in [3.63, 3.8) is 0 Å². The van der Waals surface area contributed by atoms with Crippen molar-refractivity contribution >= 4 is 29.3 Å². The van der Waals surface area contributed by atoms with Crippen LogP contribution in [0.2, 0.25) is 5.02 Å². The van der Waals surface area contributed by atoms with Gasteiger partial charge in [0.1, 0.15) is 0 Å². The molecule has 2 N–H and O–H groups in total. The molecule has 0 aliphatic rings. The van der Waals surface area contributed by atoms with Gasteiger partial charge in [-0.3, -0.25) is 14.9 Å². The van der Waals surface area contributed by atoms with Gasteiger partial charge in [0.05, 0.1) is 11.0 Å². The maximum Gasteiger partial charge on any atom is 0.270 e. The van der Waals surface area contributed by atoms with Crippen LogP contribution in [0.25, 0.3) is 6.08 Å². The van der Waals surface area contributed by atoms with Crippen LogP contribution in [-0.2, 0) is 4.79 Å². The molecule has 0 radical (unpaired) electrons. The second-order valence-electron chi connectivity index (χ2n) is 4.97. The number of non-ortho nitro benzene ring substituents is 1. The van der Waals surface area contributed by atoms with Crippen molar-refractivity contribution in [1.82, 2.24) is 5.32 Å². The van der Waals surface area contributed by atoms with Gasteiger partial charge in [-0.15, -0.1) is 0 Å². The molecule has 2 rings (SSSR count). The van der Waals surface area contributed by atoms with E-state index in [1.165, 1.54) is 30.4 Å². The van der Waals surface area contributed by atoms with E-state index in [4.69, 9.17) is 11.6 Å². The number of aliphatic hydroxyl groups is 1. The molecule has 2 aromatic carbocycles. The van der Waals surface area contributed by atoms with Crippen LogP contribution in [0, 0.1) is 10.1 Å². The number of hydrogen-bond donors (Lipinski definition) is 2. The minimum Gasteiger partial charge on any atom is -0.387 e. The zero-order valence-electron chi connectivity index (χ0n) is 12.6. The Morgan fingerprint density at radius 3 is 2.75 bits per heavy atom. The summed E-state index contributed by atoms with van der Waals surface area (Å²) in [5, 5.41) is 23.7. The minimum absolute atomic E-state index is 0.00183. The fourth-order valence-corrected chi connectivity index (χ4v) is 2.29. The van der Waals surface area contributed by atoms with Crippen LogP contribution in [0.1, 0.15) is 17.2 Å². The molecule has 0 aliphatic heterocycles. The summed E-state index contributed by atoms with van der Waals surface area (Å²) in [6.45, 7) is 0.00183. The Hall–Kier alpha value is -2.70. The van der Waals surface area contributed by atoms with E-state index in [0.717, 1.165) is 0 Å². The predicted molar refractivity (Wildman–Crippen MR) is 91.6 cm³/mol. The molecule has 0 bridgehead atoms. The number of nitro groups is 1. The van der Waals surface area contributed by atoms with Crippen molar-refractivity contribution in [1.29, 1.82) is 0 Å². The Kier molecular flexibility index (Phi) is 6.06. The molecule has 0 spiro atoms. The highest BCUT2D eigenvalue weighted by Crippen LogP contribution is 2.21. The summed E-state index contributed by atoms with van der Waals surface area (Å²) in [5.74, 6) is -0.424. The monoisotopic (exact) mass is 346 g/mol. The number of carbonyl (C=O) groups excluding carboxylic acids is 1. The molecular weight excluding hydrogens is 332 g/mol. The summed E-state index contributed by atoms with van der Waals surface area (Å²) < 4.78 is 0. The molecule has 1 atom stereocenters. The highest BCUT2D eigenvalue weighted by molar-refractivity contribution is 6.31. The zero-order valence-corrected chi connectivity index (χ0v) is 13.3. The predicted octanol–water partition coefficient (Wildman–Crippen LogP) is 3.11. The van der Waals surface area contributed by atoms with Crippen molar-refractivity contribution in [2.75, 3.05) is 6.54 Å². The van der Waals surface area contributed by atoms with Gasteiger partial charge in [0.25, 0.3) is 5.69 Å². The first-order valence-corrected chi connectivity index (χ1v) is 7.48. The molecule has 2 aromatic rings. The number of nitro benzene ring substituents is 1. The van der Waals surface area contributed by atoms with Gasteiger partial charge in [-0.25, -0.2) is 0 Å². The van der Waals surface area contributed by atoms with Crippen molar-refractivity contribution in [3.05, 3.63) is 80.9 Å². The minimum atomic E-state index is -0.922. The van der Waals surface area contributed by atoms with E-state index in [1.54, 1.807) is 30.3 Å². The quantitative estimate of drug-likeness (QED) is 0.477. The SMILES string of the molecule is O=C(/C=C/c1cccc([N+](=O)[O-])c1)NCC(O)c1ccccc1Cl. The van der Waals surface area contributed by atoms with Gasteiger partial charge < -0.3 is 10.4 Å². The van der Waals surface area contributed by atoms with Gasteiger partial charge in [-0.1, -0.05) is 41.9 Å². The molecule has 0 saturated heterocycles. The molecule has 0 aliphatic carbocycles. The lowest BCUT2D eigenvalue weighted by Gasteiger charge is -2.12. The number of amides is 1. The third-order valence-electron chi connectivity index (χ3n) is 3.24. The number of rotatable bonds is 6. The molecule has 0 heterocycles. The average Bonchev–Trinajstić information content (AvgIpc) is 2.58. The van der Waals surface area contributed by atoms with Gasteiger partial charge in [0.15, 0.2) is 0 Å². The van der Waals surface area contributed by atoms with Crippen molar-refractivity contribution in [2.45, 2.75) is 6.10 Å². The number of aliphatic hydroxyl groups excluding tert-OH is 1. The molecule has 1 unspecified atom stereocenters. The largest absolute Gasteiger partial charge is 0.387 e. The third-order valence-corrected chi connectivity index (χ3v) is 3.59. The summed E-state index contributed by atoms with van der Waals surface area (Å²) in [5.41, 5.74) is 1.01. The summed E-state index contributed by atoms with van der Waals surface area (Å²) in [6, 6.07) is 12.8. The van der Waals surface area contributed by atoms with Crippen LogP contribution >= 0.6 is 11.6 Å². The van der Waals surface area contributed by atoms with Gasteiger partial charge in [-0.05, 0) is 17.7 Å². The van der Waals surface area contributed by atoms with Crippen LogP contribution in [0.3, 0.4) is 0 Å². The Morgan fingerprint density at radius 2 is 2.04 bits per heavy atom. The van der Waals surface area contributed by atoms with Crippen LogP contribution in [0.15, 0.2) is 54.6 Å². The summed E-state index contributed by atoms with van der Waals surface area (Å²) in [4.78, 5) is 22.0. The Balaban J connectivity index is 1.92. The molecule has 24 heavy (non-hydrogen) atoms. The van der Waals surface area contributed by atoms with E-state index in [2.05, 4.69) is 5.32 Å². The molecule has 0 aromatic heterocycles. The lowest BCUT2D eigenvalue weighted by molar-refractivity contribution is -0.384. The van der Waals surface area contributed by atoms with Crippen LogP contribution in [-0.4, -0.2) is 22.5 Å². The van der Waals surface area contributed by atoms with Gasteiger partial charge in [-0.2, -0.15) is 0 Å². The lowest BCUT2D eigenvalue weighted by atomic mass is 10.1. The number of carbonyl (C=O) groups is 1. The van der Waals surface area contributed by atoms with E-state index in [1.807, 2.05) is 0 Å². The van der Waals surface area contributed by atoms with Crippen molar-refractivity contribution in [2.24, 2.45) is 0 Å². The van der Waals surface area contributed by atoms with E-state index in [0.29, 0.717) is 16.1 Å². The second kappa shape index (κ2) is 8.24. The Bertz CT molecular complexity index is 777. The van der Waals surface area contributed by atoms with Gasteiger partial charge in [0, 0.05) is 35.3 Å². The molecule has 1 amide bonds. The van der Waals surface area contributed by atoms with Crippen molar-refractivity contribution < 1.29 is 14.8 Å². The normalized spacial score (nSPS) is 12.1. The van der Waals surface area contributed by atoms with E-state index >= 15 is 0 Å². The van der Waals surface area contributed by atoms with Gasteiger partial charge in [0.2, 0.25) is 5.91 Å². The maximum absolute atomic E-state index is 11.8. The first-order chi connectivity index (χ1) is 11.5. The first kappa shape index (κ1) is 17.7. The fraction of sp³-hybridized carbons (Fsp3) is 0.118. The molecular formula is C17H15ClN2O4. The summed E-state index contributed by atoms with van der Waals surface area (Å²) in [6.07, 6.45) is 1.79. The molecule has 6 nitrogen and oxygen atoms in total. The number of hydrogen-bond acceptors (Lipinski definition) is 4.